The van der Waals surface area contributed by atoms with E-state index in [-0.39, 0.29) is 17.0 Å². The third kappa shape index (κ3) is 3.16. The summed E-state index contributed by atoms with van der Waals surface area (Å²) in [7, 11) is 1.52. The molecule has 1 aliphatic heterocycles. The molecule has 10 heteroatoms. The van der Waals surface area contributed by atoms with E-state index in [1.54, 1.807) is 42.5 Å². The smallest absolute Gasteiger partial charge is 0.351 e. The van der Waals surface area contributed by atoms with Crippen molar-refractivity contribution in [2.24, 2.45) is 0 Å². The molecule has 0 aliphatic carbocycles. The van der Waals surface area contributed by atoms with Crippen molar-refractivity contribution in [3.8, 4) is 0 Å². The summed E-state index contributed by atoms with van der Waals surface area (Å²) >= 11 is 6.96. The average molecular weight is 599 g/mol. The van der Waals surface area contributed by atoms with Gasteiger partial charge >= 0.3 is 5.97 Å². The number of benzene rings is 3. The average Bonchev–Trinajstić information content (AvgIpc) is 3.30. The first-order chi connectivity index (χ1) is 16.6. The van der Waals surface area contributed by atoms with Crippen LogP contribution in [0.5, 0.6) is 0 Å². The van der Waals surface area contributed by atoms with Crippen molar-refractivity contribution >= 4 is 77.4 Å². The molecule has 4 aromatic rings. The van der Waals surface area contributed by atoms with E-state index in [2.05, 4.69) is 37.2 Å². The molecule has 3 amide bonds. The first kappa shape index (κ1) is 23.3. The highest BCUT2D eigenvalue weighted by Crippen LogP contribution is 2.43. The van der Waals surface area contributed by atoms with Gasteiger partial charge < -0.3 is 15.0 Å². The van der Waals surface area contributed by atoms with Crippen LogP contribution >= 0.6 is 31.9 Å². The van der Waals surface area contributed by atoms with Crippen LogP contribution < -0.4 is 5.32 Å². The van der Waals surface area contributed by atoms with Gasteiger partial charge in [-0.1, -0.05) is 28.1 Å². The lowest BCUT2D eigenvalue weighted by Crippen LogP contribution is -2.56. The van der Waals surface area contributed by atoms with Gasteiger partial charge in [-0.2, -0.15) is 0 Å². The van der Waals surface area contributed by atoms with Gasteiger partial charge in [-0.05, 0) is 65.3 Å². The molecule has 0 fully saturated rings. The molecular weight excluding hydrogens is 582 g/mol. The number of halogens is 2. The van der Waals surface area contributed by atoms with Crippen LogP contribution in [-0.4, -0.2) is 45.3 Å². The molecule has 0 bridgehead atoms. The van der Waals surface area contributed by atoms with Crippen molar-refractivity contribution in [1.29, 1.82) is 0 Å². The molecule has 8 nitrogen and oxygen atoms in total. The van der Waals surface area contributed by atoms with E-state index in [0.29, 0.717) is 31.8 Å². The molecule has 5 rings (SSSR count). The fourth-order valence-electron chi connectivity index (χ4n) is 4.67. The highest BCUT2D eigenvalue weighted by atomic mass is 79.9. The fraction of sp³-hybridized carbons (Fsp3) is 0.120. The Bertz CT molecular complexity index is 1590. The minimum atomic E-state index is -2.13. The minimum Gasteiger partial charge on any atom is -0.478 e. The van der Waals surface area contributed by atoms with E-state index in [9.17, 15) is 24.3 Å². The Morgan fingerprint density at radius 1 is 0.943 bits per heavy atom. The molecule has 1 aliphatic rings. The summed E-state index contributed by atoms with van der Waals surface area (Å²) in [4.78, 5) is 53.0. The summed E-state index contributed by atoms with van der Waals surface area (Å²) < 4.78 is 2.64. The van der Waals surface area contributed by atoms with E-state index >= 15 is 0 Å². The Labute approximate surface area is 215 Å². The number of nitrogens with zero attached hydrogens (tertiary/aromatic N) is 2. The van der Waals surface area contributed by atoms with Crippen molar-refractivity contribution < 1.29 is 24.3 Å². The van der Waals surface area contributed by atoms with Gasteiger partial charge in [-0.25, -0.2) is 9.69 Å². The third-order valence-electron chi connectivity index (χ3n) is 6.34. The highest BCUT2D eigenvalue weighted by molar-refractivity contribution is 9.11. The van der Waals surface area contributed by atoms with Gasteiger partial charge in [0.05, 0.1) is 22.2 Å². The summed E-state index contributed by atoms with van der Waals surface area (Å²) in [6, 6.07) is 14.8. The Kier molecular flexibility index (Phi) is 5.33. The number of hydrogen-bond donors (Lipinski definition) is 2. The lowest BCUT2D eigenvalue weighted by atomic mass is 10.1. The number of aromatic nitrogens is 1. The zero-order valence-electron chi connectivity index (χ0n) is 18.4. The maximum absolute atomic E-state index is 13.4. The lowest BCUT2D eigenvalue weighted by Gasteiger charge is -2.36. The number of carbonyl (C=O) groups excluding carboxylic acids is 3. The molecule has 2 N–H and O–H groups in total. The van der Waals surface area contributed by atoms with E-state index in [0.717, 1.165) is 9.37 Å². The largest absolute Gasteiger partial charge is 0.478 e. The molecule has 0 radical (unpaired) electrons. The van der Waals surface area contributed by atoms with Crippen LogP contribution in [0, 0.1) is 0 Å². The molecule has 176 valence electrons. The number of amides is 3. The molecule has 1 aromatic heterocycles. The lowest BCUT2D eigenvalue weighted by molar-refractivity contribution is -0.152. The highest BCUT2D eigenvalue weighted by Gasteiger charge is 2.53. The Hall–Kier alpha value is -3.50. The molecule has 35 heavy (non-hydrogen) atoms. The molecule has 1 unspecified atom stereocenters. The summed E-state index contributed by atoms with van der Waals surface area (Å²) in [6.45, 7) is 1.33. The van der Waals surface area contributed by atoms with Crippen LogP contribution in [0.1, 0.15) is 38.0 Å². The number of aliphatic carboxylic acids is 1. The predicted molar refractivity (Wildman–Crippen MR) is 136 cm³/mol. The van der Waals surface area contributed by atoms with Crippen molar-refractivity contribution in [2.45, 2.75) is 12.6 Å². The molecule has 0 saturated heterocycles. The van der Waals surface area contributed by atoms with Crippen molar-refractivity contribution in [3.63, 3.8) is 0 Å². The van der Waals surface area contributed by atoms with E-state index in [1.165, 1.54) is 30.7 Å². The normalized spacial score (nSPS) is 14.9. The SMILES string of the molecule is CNC(=O)c1cc(Br)c2c(c1)c1cc(Br)ccc1n2C(C)(C(=O)O)N1C(=O)c2ccccc2C1=O. The maximum atomic E-state index is 13.4. The number of imide groups is 1. The zero-order valence-corrected chi connectivity index (χ0v) is 21.6. The predicted octanol–water partition coefficient (Wildman–Crippen LogP) is 4.73. The van der Waals surface area contributed by atoms with Gasteiger partial charge in [0.2, 0.25) is 5.66 Å². The van der Waals surface area contributed by atoms with Crippen molar-refractivity contribution in [1.82, 2.24) is 14.8 Å². The van der Waals surface area contributed by atoms with Crippen LogP contribution in [0.15, 0.2) is 63.5 Å². The number of carbonyl (C=O) groups is 4. The topological polar surface area (TPSA) is 109 Å². The van der Waals surface area contributed by atoms with E-state index < -0.39 is 23.4 Å². The van der Waals surface area contributed by atoms with Crippen LogP contribution in [0.2, 0.25) is 0 Å². The first-order valence-corrected chi connectivity index (χ1v) is 12.1. The standard InChI is InChI=1S/C25H17Br2N3O5/c1-25(24(34)35,30-22(32)14-5-3-4-6-15(14)23(30)33)29-19-8-7-13(26)11-16(19)17-9-12(21(31)28-2)10-18(27)20(17)29/h3-11H,1-2H3,(H,28,31)(H,34,35). The van der Waals surface area contributed by atoms with Gasteiger partial charge in [0.15, 0.2) is 0 Å². The summed E-state index contributed by atoms with van der Waals surface area (Å²) in [5.41, 5.74) is -0.572. The number of rotatable bonds is 4. The number of carboxylic acid groups (broad SMARTS) is 1. The third-order valence-corrected chi connectivity index (χ3v) is 7.43. The number of hydrogen-bond acceptors (Lipinski definition) is 4. The molecule has 2 heterocycles. The van der Waals surface area contributed by atoms with Crippen LogP contribution in [0.4, 0.5) is 0 Å². The summed E-state index contributed by atoms with van der Waals surface area (Å²) in [6.07, 6.45) is 0. The van der Waals surface area contributed by atoms with Crippen molar-refractivity contribution in [3.05, 3.63) is 80.2 Å². The molecule has 1 atom stereocenters. The summed E-state index contributed by atoms with van der Waals surface area (Å²) in [5, 5.41) is 14.4. The second-order valence-corrected chi connectivity index (χ2v) is 10.0. The Balaban J connectivity index is 1.90. The van der Waals surface area contributed by atoms with Gasteiger partial charge in [0, 0.05) is 32.3 Å². The molecule has 0 spiro atoms. The quantitative estimate of drug-likeness (QED) is 0.330. The Morgan fingerprint density at radius 3 is 2.14 bits per heavy atom. The van der Waals surface area contributed by atoms with Crippen molar-refractivity contribution in [2.75, 3.05) is 7.05 Å². The number of carboxylic acids is 1. The first-order valence-electron chi connectivity index (χ1n) is 10.5. The monoisotopic (exact) mass is 597 g/mol. The minimum absolute atomic E-state index is 0.148. The van der Waals surface area contributed by atoms with Crippen LogP contribution in [-0.2, 0) is 10.5 Å². The van der Waals surface area contributed by atoms with Crippen LogP contribution in [0.3, 0.4) is 0 Å². The summed E-state index contributed by atoms with van der Waals surface area (Å²) in [5.74, 6) is -3.10. The maximum Gasteiger partial charge on any atom is 0.351 e. The van der Waals surface area contributed by atoms with E-state index in [4.69, 9.17) is 0 Å². The van der Waals surface area contributed by atoms with Gasteiger partial charge in [0.1, 0.15) is 0 Å². The van der Waals surface area contributed by atoms with Gasteiger partial charge in [0.25, 0.3) is 17.7 Å². The molecule has 3 aromatic carbocycles. The number of nitrogens with one attached hydrogen (secondary N) is 1. The zero-order chi connectivity index (χ0) is 25.2. The van der Waals surface area contributed by atoms with Gasteiger partial charge in [-0.15, -0.1) is 0 Å². The number of fused-ring (bicyclic) bond motifs is 4. The second-order valence-electron chi connectivity index (χ2n) is 8.25. The fourth-order valence-corrected chi connectivity index (χ4v) is 5.67. The van der Waals surface area contributed by atoms with Gasteiger partial charge in [-0.3, -0.25) is 14.4 Å². The molecular formula is C25H17Br2N3O5. The van der Waals surface area contributed by atoms with Crippen LogP contribution in [0.25, 0.3) is 21.8 Å². The Morgan fingerprint density at radius 2 is 1.57 bits per heavy atom. The van der Waals surface area contributed by atoms with E-state index in [1.807, 2.05) is 0 Å². The molecule has 0 saturated carbocycles. The second kappa shape index (κ2) is 8.03.